The Morgan fingerprint density at radius 1 is 0.974 bits per heavy atom. The number of ketones is 1. The molecule has 2 aromatic carbocycles. The van der Waals surface area contributed by atoms with Crippen molar-refractivity contribution >= 4 is 18.4 Å². The third-order valence-electron chi connectivity index (χ3n) is 8.31. The molecule has 2 N–H and O–H groups in total. The zero-order valence-electron chi connectivity index (χ0n) is 23.9. The summed E-state index contributed by atoms with van der Waals surface area (Å²) in [5.41, 5.74) is 4.49. The number of benzene rings is 2. The van der Waals surface area contributed by atoms with E-state index in [0.29, 0.717) is 23.5 Å². The van der Waals surface area contributed by atoms with Gasteiger partial charge in [-0.15, -0.1) is 12.6 Å². The largest absolute Gasteiger partial charge is 0.507 e. The first-order chi connectivity index (χ1) is 18.0. The van der Waals surface area contributed by atoms with E-state index in [-0.39, 0.29) is 34.1 Å². The average Bonchev–Trinajstić information content (AvgIpc) is 2.92. The lowest BCUT2D eigenvalue weighted by Gasteiger charge is -2.24. The van der Waals surface area contributed by atoms with Crippen molar-refractivity contribution in [1.29, 1.82) is 0 Å². The molecule has 1 aliphatic carbocycles. The van der Waals surface area contributed by atoms with Gasteiger partial charge in [-0.1, -0.05) is 84.0 Å². The van der Waals surface area contributed by atoms with E-state index < -0.39 is 0 Å². The Hall–Kier alpha value is -2.46. The number of thiol groups is 1. The van der Waals surface area contributed by atoms with Crippen LogP contribution in [0.25, 0.3) is 0 Å². The van der Waals surface area contributed by atoms with Crippen LogP contribution in [0, 0.1) is 29.6 Å². The van der Waals surface area contributed by atoms with Gasteiger partial charge in [-0.05, 0) is 90.2 Å². The normalized spacial score (nSPS) is 21.1. The predicted octanol–water partition coefficient (Wildman–Crippen LogP) is 8.69. The Balaban J connectivity index is 1.74. The fourth-order valence-corrected chi connectivity index (χ4v) is 5.68. The molecule has 0 saturated heterocycles. The van der Waals surface area contributed by atoms with E-state index >= 15 is 0 Å². The maximum absolute atomic E-state index is 13.9. The lowest BCUT2D eigenvalue weighted by Crippen LogP contribution is -2.25. The van der Waals surface area contributed by atoms with Crippen LogP contribution in [0.4, 0.5) is 0 Å². The number of carbonyl (C=O) groups excluding carboxylic acids is 1. The summed E-state index contributed by atoms with van der Waals surface area (Å²) in [6.45, 7) is 13.1. The first-order valence-corrected chi connectivity index (χ1v) is 14.7. The number of aromatic hydroxyl groups is 2. The van der Waals surface area contributed by atoms with Gasteiger partial charge in [-0.2, -0.15) is 0 Å². The molecule has 0 amide bonds. The van der Waals surface area contributed by atoms with Crippen LogP contribution < -0.4 is 0 Å². The van der Waals surface area contributed by atoms with E-state index in [0.717, 1.165) is 43.2 Å². The standard InChI is InChI=1S/C34H46O3S/c1-21(2)27-14-11-25(12-15-27)13-17-29(22(3)4)33(37)30-16-10-23(5)28(9-7-8-24(30)6)18-26-19-31(35)34(38)32(36)20-26/h7-8,11-12,14-16,19-24,28-29,35-36,38H,9-10,13,17-18H2,1-6H3. The number of carbonyl (C=O) groups is 1. The van der Waals surface area contributed by atoms with Gasteiger partial charge in [0.2, 0.25) is 0 Å². The fourth-order valence-electron chi connectivity index (χ4n) is 5.55. The second-order valence-corrected chi connectivity index (χ2v) is 12.4. The molecule has 0 bridgehead atoms. The van der Waals surface area contributed by atoms with Crippen LogP contribution in [0.5, 0.6) is 11.5 Å². The summed E-state index contributed by atoms with van der Waals surface area (Å²) in [6.07, 6.45) is 10.8. The summed E-state index contributed by atoms with van der Waals surface area (Å²) in [4.78, 5) is 14.1. The van der Waals surface area contributed by atoms with Crippen LogP contribution in [-0.4, -0.2) is 16.0 Å². The molecule has 0 fully saturated rings. The monoisotopic (exact) mass is 534 g/mol. The van der Waals surface area contributed by atoms with E-state index in [1.54, 1.807) is 12.1 Å². The summed E-state index contributed by atoms with van der Waals surface area (Å²) in [6, 6.07) is 12.3. The number of phenols is 2. The maximum Gasteiger partial charge on any atom is 0.162 e. The average molecular weight is 535 g/mol. The van der Waals surface area contributed by atoms with E-state index in [9.17, 15) is 15.0 Å². The van der Waals surface area contributed by atoms with Gasteiger partial charge in [-0.3, -0.25) is 4.79 Å². The summed E-state index contributed by atoms with van der Waals surface area (Å²) < 4.78 is 0. The van der Waals surface area contributed by atoms with Gasteiger partial charge in [0.05, 0.1) is 4.90 Å². The van der Waals surface area contributed by atoms with Crippen LogP contribution >= 0.6 is 12.6 Å². The molecule has 206 valence electrons. The van der Waals surface area contributed by atoms with Gasteiger partial charge in [0.15, 0.2) is 5.78 Å². The lowest BCUT2D eigenvalue weighted by molar-refractivity contribution is -0.121. The van der Waals surface area contributed by atoms with Crippen molar-refractivity contribution in [3.63, 3.8) is 0 Å². The molecule has 4 atom stereocenters. The number of hydrogen-bond acceptors (Lipinski definition) is 4. The highest BCUT2D eigenvalue weighted by Gasteiger charge is 2.28. The molecule has 0 aromatic heterocycles. The Labute approximate surface area is 235 Å². The molecule has 4 heteroatoms. The highest BCUT2D eigenvalue weighted by molar-refractivity contribution is 7.80. The van der Waals surface area contributed by atoms with Crippen molar-refractivity contribution in [2.45, 2.75) is 84.5 Å². The molecule has 0 aliphatic heterocycles. The lowest BCUT2D eigenvalue weighted by atomic mass is 9.79. The number of aryl methyl sites for hydroxylation is 1. The van der Waals surface area contributed by atoms with Crippen molar-refractivity contribution in [2.75, 3.05) is 0 Å². The third kappa shape index (κ3) is 7.79. The minimum Gasteiger partial charge on any atom is -0.507 e. The second-order valence-electron chi connectivity index (χ2n) is 11.9. The van der Waals surface area contributed by atoms with Crippen LogP contribution in [-0.2, 0) is 17.6 Å². The van der Waals surface area contributed by atoms with E-state index in [1.165, 1.54) is 11.1 Å². The highest BCUT2D eigenvalue weighted by atomic mass is 32.1. The molecule has 2 aromatic rings. The maximum atomic E-state index is 13.9. The Bertz CT molecular complexity index is 1120. The highest BCUT2D eigenvalue weighted by Crippen LogP contribution is 2.36. The molecular weight excluding hydrogens is 488 g/mol. The Morgan fingerprint density at radius 2 is 1.61 bits per heavy atom. The first-order valence-electron chi connectivity index (χ1n) is 14.2. The molecule has 0 spiro atoms. The van der Waals surface area contributed by atoms with Crippen LogP contribution in [0.2, 0.25) is 0 Å². The van der Waals surface area contributed by atoms with Crippen LogP contribution in [0.1, 0.15) is 83.4 Å². The molecule has 38 heavy (non-hydrogen) atoms. The van der Waals surface area contributed by atoms with E-state index in [2.05, 4.69) is 96.7 Å². The van der Waals surface area contributed by atoms with Gasteiger partial charge in [-0.25, -0.2) is 0 Å². The minimum absolute atomic E-state index is 0.000528. The topological polar surface area (TPSA) is 57.5 Å². The summed E-state index contributed by atoms with van der Waals surface area (Å²) in [5.74, 6) is 1.87. The number of rotatable bonds is 9. The molecule has 1 aliphatic rings. The van der Waals surface area contributed by atoms with Crippen molar-refractivity contribution in [3.05, 3.63) is 76.9 Å². The summed E-state index contributed by atoms with van der Waals surface area (Å²) in [5, 5.41) is 20.2. The van der Waals surface area contributed by atoms with Crippen molar-refractivity contribution < 1.29 is 15.0 Å². The van der Waals surface area contributed by atoms with Crippen molar-refractivity contribution in [1.82, 2.24) is 0 Å². The van der Waals surface area contributed by atoms with Gasteiger partial charge in [0, 0.05) is 11.8 Å². The van der Waals surface area contributed by atoms with Crippen molar-refractivity contribution in [2.24, 2.45) is 29.6 Å². The summed E-state index contributed by atoms with van der Waals surface area (Å²) >= 11 is 4.15. The van der Waals surface area contributed by atoms with Gasteiger partial charge < -0.3 is 10.2 Å². The third-order valence-corrected chi connectivity index (χ3v) is 8.77. The molecule has 3 rings (SSSR count). The summed E-state index contributed by atoms with van der Waals surface area (Å²) in [7, 11) is 0. The van der Waals surface area contributed by atoms with E-state index in [4.69, 9.17) is 0 Å². The number of Topliss-reactive ketones (excluding diaryl/α,β-unsaturated/α-hetero) is 1. The Morgan fingerprint density at radius 3 is 2.18 bits per heavy atom. The predicted molar refractivity (Wildman–Crippen MR) is 161 cm³/mol. The zero-order valence-corrected chi connectivity index (χ0v) is 24.8. The molecule has 0 radical (unpaired) electrons. The molecule has 0 saturated carbocycles. The van der Waals surface area contributed by atoms with Crippen molar-refractivity contribution in [3.8, 4) is 11.5 Å². The Kier molecular flexibility index (Phi) is 10.7. The van der Waals surface area contributed by atoms with Crippen LogP contribution in [0.3, 0.4) is 0 Å². The fraction of sp³-hybridized carbons (Fsp3) is 0.500. The molecule has 3 nitrogen and oxygen atoms in total. The first kappa shape index (κ1) is 30.1. The number of phenolic OH excluding ortho intramolecular Hbond substituents is 2. The number of hydrogen-bond donors (Lipinski definition) is 3. The molecule has 0 heterocycles. The zero-order chi connectivity index (χ0) is 28.0. The van der Waals surface area contributed by atoms with Gasteiger partial charge in [0.25, 0.3) is 0 Å². The van der Waals surface area contributed by atoms with Gasteiger partial charge >= 0.3 is 0 Å². The number of allylic oxidation sites excluding steroid dienone is 4. The molecule has 4 unspecified atom stereocenters. The smallest absolute Gasteiger partial charge is 0.162 e. The minimum atomic E-state index is -0.000528. The molecular formula is C34H46O3S. The quantitative estimate of drug-likeness (QED) is 0.223. The van der Waals surface area contributed by atoms with Crippen LogP contribution in [0.15, 0.2) is 65.1 Å². The van der Waals surface area contributed by atoms with Gasteiger partial charge in [0.1, 0.15) is 11.5 Å². The SMILES string of the molecule is CC1C=CCC(Cc2cc(O)c(S)c(O)c2)C(C)CC=C1C(=O)C(CCc1ccc(C(C)C)cc1)C(C)C. The van der Waals surface area contributed by atoms with E-state index in [1.807, 2.05) is 0 Å². The second kappa shape index (κ2) is 13.6.